The van der Waals surface area contributed by atoms with Crippen molar-refractivity contribution in [3.05, 3.63) is 77.9 Å². The van der Waals surface area contributed by atoms with E-state index in [0.29, 0.717) is 17.7 Å². The van der Waals surface area contributed by atoms with Crippen LogP contribution >= 0.6 is 0 Å². The molecule has 0 bridgehead atoms. The van der Waals surface area contributed by atoms with Gasteiger partial charge >= 0.3 is 0 Å². The zero-order valence-electron chi connectivity index (χ0n) is 17.3. The van der Waals surface area contributed by atoms with Gasteiger partial charge in [-0.15, -0.1) is 0 Å². The van der Waals surface area contributed by atoms with Crippen LogP contribution in [0.2, 0.25) is 0 Å². The number of carbonyl (C=O) groups is 1. The molecule has 1 aliphatic heterocycles. The lowest BCUT2D eigenvalue weighted by atomic mass is 10.0. The van der Waals surface area contributed by atoms with Crippen molar-refractivity contribution in [2.45, 2.75) is 30.8 Å². The van der Waals surface area contributed by atoms with Crippen LogP contribution in [0.3, 0.4) is 0 Å². The fraction of sp³-hybridized carbons (Fsp3) is 0.208. The molecule has 0 spiro atoms. The van der Waals surface area contributed by atoms with Gasteiger partial charge in [0.05, 0.1) is 17.1 Å². The SMILES string of the molecule is Cc1cccc(S(=O)(=O)N2C[C@H](CCC=O)Oc3ccc(-c4cc(F)ccc4F)cc32)c1. The highest BCUT2D eigenvalue weighted by Gasteiger charge is 2.35. The highest BCUT2D eigenvalue weighted by molar-refractivity contribution is 7.92. The van der Waals surface area contributed by atoms with Crippen molar-refractivity contribution in [2.75, 3.05) is 10.8 Å². The van der Waals surface area contributed by atoms with Crippen LogP contribution in [0.1, 0.15) is 18.4 Å². The summed E-state index contributed by atoms with van der Waals surface area (Å²) in [6, 6.07) is 14.2. The molecule has 3 aromatic rings. The molecular weight excluding hydrogens is 436 g/mol. The fourth-order valence-corrected chi connectivity index (χ4v) is 5.34. The van der Waals surface area contributed by atoms with E-state index in [1.165, 1.54) is 16.4 Å². The molecule has 8 heteroatoms. The van der Waals surface area contributed by atoms with Gasteiger partial charge in [0.15, 0.2) is 0 Å². The lowest BCUT2D eigenvalue weighted by Gasteiger charge is -2.35. The molecular formula is C24H21F2NO4S. The number of sulfonamides is 1. The van der Waals surface area contributed by atoms with Crippen molar-refractivity contribution in [3.63, 3.8) is 0 Å². The number of fused-ring (bicyclic) bond motifs is 1. The summed E-state index contributed by atoms with van der Waals surface area (Å²) in [7, 11) is -3.98. The Kier molecular flexibility index (Phi) is 5.97. The summed E-state index contributed by atoms with van der Waals surface area (Å²) in [6.07, 6.45) is 0.811. The van der Waals surface area contributed by atoms with E-state index in [4.69, 9.17) is 4.74 Å². The Labute approximate surface area is 185 Å². The van der Waals surface area contributed by atoms with Crippen molar-refractivity contribution in [1.29, 1.82) is 0 Å². The largest absolute Gasteiger partial charge is 0.486 e. The third kappa shape index (κ3) is 4.23. The summed E-state index contributed by atoms with van der Waals surface area (Å²) in [5, 5.41) is 0. The van der Waals surface area contributed by atoms with E-state index in [0.717, 1.165) is 30.0 Å². The van der Waals surface area contributed by atoms with Crippen LogP contribution in [0.5, 0.6) is 5.75 Å². The minimum Gasteiger partial charge on any atom is -0.486 e. The van der Waals surface area contributed by atoms with E-state index in [9.17, 15) is 22.0 Å². The van der Waals surface area contributed by atoms with Crippen LogP contribution in [-0.4, -0.2) is 27.4 Å². The van der Waals surface area contributed by atoms with Gasteiger partial charge in [0, 0.05) is 12.0 Å². The van der Waals surface area contributed by atoms with Gasteiger partial charge in [-0.2, -0.15) is 0 Å². The van der Waals surface area contributed by atoms with Crippen LogP contribution in [0.4, 0.5) is 14.5 Å². The van der Waals surface area contributed by atoms with Crippen LogP contribution in [-0.2, 0) is 14.8 Å². The van der Waals surface area contributed by atoms with Crippen LogP contribution in [0.25, 0.3) is 11.1 Å². The van der Waals surface area contributed by atoms with Crippen LogP contribution in [0, 0.1) is 18.6 Å². The first-order valence-corrected chi connectivity index (χ1v) is 11.5. The van der Waals surface area contributed by atoms with E-state index in [2.05, 4.69) is 0 Å². The van der Waals surface area contributed by atoms with Crippen molar-refractivity contribution in [1.82, 2.24) is 0 Å². The van der Waals surface area contributed by atoms with Crippen LogP contribution in [0.15, 0.2) is 65.6 Å². The van der Waals surface area contributed by atoms with Gasteiger partial charge in [-0.3, -0.25) is 4.31 Å². The number of benzene rings is 3. The molecule has 0 fully saturated rings. The number of nitrogens with zero attached hydrogens (tertiary/aromatic N) is 1. The van der Waals surface area contributed by atoms with E-state index in [1.54, 1.807) is 37.3 Å². The molecule has 0 amide bonds. The molecule has 32 heavy (non-hydrogen) atoms. The molecule has 0 radical (unpaired) electrons. The predicted octanol–water partition coefficient (Wildman–Crippen LogP) is 4.88. The number of halogens is 2. The number of ether oxygens (including phenoxy) is 1. The van der Waals surface area contributed by atoms with E-state index in [-0.39, 0.29) is 29.1 Å². The standard InChI is InChI=1S/C24H21F2NO4S/c1-16-4-2-6-20(12-16)32(29,30)27-15-19(5-3-11-28)31-24-10-7-17(13-23(24)27)21-14-18(25)8-9-22(21)26/h2,4,6-14,19H,3,5,15H2,1H3/t19-/m0/s1. The minimum absolute atomic E-state index is 0.00774. The van der Waals surface area contributed by atoms with E-state index in [1.807, 2.05) is 0 Å². The number of hydrogen-bond donors (Lipinski definition) is 0. The maximum atomic E-state index is 14.4. The Bertz CT molecular complexity index is 1280. The van der Waals surface area contributed by atoms with E-state index < -0.39 is 27.8 Å². The normalized spacial score (nSPS) is 15.7. The van der Waals surface area contributed by atoms with Gasteiger partial charge < -0.3 is 9.53 Å². The van der Waals surface area contributed by atoms with Crippen molar-refractivity contribution < 1.29 is 26.7 Å². The Hall–Kier alpha value is -3.26. The Balaban J connectivity index is 1.84. The molecule has 4 rings (SSSR count). The lowest BCUT2D eigenvalue weighted by molar-refractivity contribution is -0.108. The molecule has 1 atom stereocenters. The quantitative estimate of drug-likeness (QED) is 0.495. The van der Waals surface area contributed by atoms with Gasteiger partial charge in [-0.1, -0.05) is 18.2 Å². The molecule has 0 N–H and O–H groups in total. The van der Waals surface area contributed by atoms with Gasteiger partial charge in [-0.25, -0.2) is 17.2 Å². The first-order valence-electron chi connectivity index (χ1n) is 10.1. The van der Waals surface area contributed by atoms with Gasteiger partial charge in [0.1, 0.15) is 29.8 Å². The monoisotopic (exact) mass is 457 g/mol. The zero-order valence-corrected chi connectivity index (χ0v) is 18.1. The van der Waals surface area contributed by atoms with Gasteiger partial charge in [0.2, 0.25) is 0 Å². The highest BCUT2D eigenvalue weighted by Crippen LogP contribution is 2.41. The Morgan fingerprint density at radius 3 is 2.66 bits per heavy atom. The molecule has 5 nitrogen and oxygen atoms in total. The summed E-state index contributed by atoms with van der Waals surface area (Å²) in [5.41, 5.74) is 1.35. The Morgan fingerprint density at radius 1 is 1.09 bits per heavy atom. The topological polar surface area (TPSA) is 63.7 Å². The third-order valence-electron chi connectivity index (χ3n) is 5.31. The maximum Gasteiger partial charge on any atom is 0.264 e. The second-order valence-corrected chi connectivity index (χ2v) is 9.51. The second-order valence-electron chi connectivity index (χ2n) is 7.64. The number of carbonyl (C=O) groups excluding carboxylic acids is 1. The number of aldehydes is 1. The molecule has 0 saturated heterocycles. The minimum atomic E-state index is -3.98. The number of anilines is 1. The van der Waals surface area contributed by atoms with Gasteiger partial charge in [-0.05, 0) is 66.9 Å². The smallest absolute Gasteiger partial charge is 0.264 e. The number of rotatable bonds is 6. The summed E-state index contributed by atoms with van der Waals surface area (Å²) >= 11 is 0. The molecule has 1 aliphatic rings. The lowest BCUT2D eigenvalue weighted by Crippen LogP contribution is -2.43. The summed E-state index contributed by atoms with van der Waals surface area (Å²) in [5.74, 6) is -0.933. The predicted molar refractivity (Wildman–Crippen MR) is 117 cm³/mol. The zero-order chi connectivity index (χ0) is 22.9. The number of aryl methyl sites for hydroxylation is 1. The van der Waals surface area contributed by atoms with Gasteiger partial charge in [0.25, 0.3) is 10.0 Å². The van der Waals surface area contributed by atoms with Crippen molar-refractivity contribution >= 4 is 22.0 Å². The first kappa shape index (κ1) is 22.0. The highest BCUT2D eigenvalue weighted by atomic mass is 32.2. The summed E-state index contributed by atoms with van der Waals surface area (Å²) in [6.45, 7) is 1.79. The van der Waals surface area contributed by atoms with Crippen LogP contribution < -0.4 is 9.04 Å². The van der Waals surface area contributed by atoms with E-state index >= 15 is 0 Å². The average Bonchev–Trinajstić information content (AvgIpc) is 2.78. The third-order valence-corrected chi connectivity index (χ3v) is 7.09. The fourth-order valence-electron chi connectivity index (χ4n) is 3.73. The number of hydrogen-bond acceptors (Lipinski definition) is 4. The molecule has 166 valence electrons. The molecule has 0 unspecified atom stereocenters. The summed E-state index contributed by atoms with van der Waals surface area (Å²) < 4.78 is 62.4. The molecule has 1 heterocycles. The first-order chi connectivity index (χ1) is 15.3. The average molecular weight is 457 g/mol. The molecule has 0 aromatic heterocycles. The molecule has 3 aromatic carbocycles. The van der Waals surface area contributed by atoms with Crippen molar-refractivity contribution in [3.8, 4) is 16.9 Å². The summed E-state index contributed by atoms with van der Waals surface area (Å²) in [4.78, 5) is 11.0. The maximum absolute atomic E-state index is 14.4. The molecule has 0 saturated carbocycles. The molecule has 0 aliphatic carbocycles. The second kappa shape index (κ2) is 8.70. The van der Waals surface area contributed by atoms with Crippen molar-refractivity contribution in [2.24, 2.45) is 0 Å². The Morgan fingerprint density at radius 2 is 1.91 bits per heavy atom.